The molecular weight excluding hydrogens is 267 g/mol. The lowest BCUT2D eigenvalue weighted by molar-refractivity contribution is -0.126. The molecule has 0 bridgehead atoms. The van der Waals surface area contributed by atoms with Crippen molar-refractivity contribution in [3.05, 3.63) is 48.0 Å². The summed E-state index contributed by atoms with van der Waals surface area (Å²) in [5.41, 5.74) is 1.75. The van der Waals surface area contributed by atoms with E-state index in [9.17, 15) is 13.2 Å². The maximum atomic E-state index is 12.2. The molecule has 2 aromatic rings. The minimum Gasteiger partial charge on any atom is -0.304 e. The van der Waals surface area contributed by atoms with Crippen LogP contribution in [0.2, 0.25) is 0 Å². The third kappa shape index (κ3) is 3.60. The second-order valence-corrected chi connectivity index (χ2v) is 4.65. The standard InChI is InChI=1S/C14H16F3N3/c1-10(19-9-14(15,16)17)12-3-5-13(6-4-12)20-8-7-18-11(20)2/h3-8,10,19H,9H2,1-2H3/t10-/m0/s1. The van der Waals surface area contributed by atoms with E-state index in [1.165, 1.54) is 0 Å². The van der Waals surface area contributed by atoms with Gasteiger partial charge in [-0.05, 0) is 31.5 Å². The molecule has 2 rings (SSSR count). The highest BCUT2D eigenvalue weighted by atomic mass is 19.4. The van der Waals surface area contributed by atoms with Crippen molar-refractivity contribution >= 4 is 0 Å². The fraction of sp³-hybridized carbons (Fsp3) is 0.357. The highest BCUT2D eigenvalue weighted by Gasteiger charge is 2.27. The molecule has 108 valence electrons. The fourth-order valence-corrected chi connectivity index (χ4v) is 1.96. The minimum atomic E-state index is -4.19. The zero-order chi connectivity index (χ0) is 14.8. The molecule has 0 saturated heterocycles. The maximum Gasteiger partial charge on any atom is 0.401 e. The molecule has 3 nitrogen and oxygen atoms in total. The molecular formula is C14H16F3N3. The smallest absolute Gasteiger partial charge is 0.304 e. The van der Waals surface area contributed by atoms with E-state index in [1.54, 1.807) is 13.1 Å². The van der Waals surface area contributed by atoms with Crippen LogP contribution < -0.4 is 5.32 Å². The fourth-order valence-electron chi connectivity index (χ4n) is 1.96. The maximum absolute atomic E-state index is 12.2. The van der Waals surface area contributed by atoms with Gasteiger partial charge in [0.1, 0.15) is 5.82 Å². The van der Waals surface area contributed by atoms with Gasteiger partial charge in [-0.3, -0.25) is 0 Å². The molecule has 6 heteroatoms. The van der Waals surface area contributed by atoms with E-state index in [1.807, 2.05) is 42.0 Å². The minimum absolute atomic E-state index is 0.352. The van der Waals surface area contributed by atoms with E-state index in [4.69, 9.17) is 0 Å². The number of imidazole rings is 1. The quantitative estimate of drug-likeness (QED) is 0.932. The first kappa shape index (κ1) is 14.6. The molecule has 1 N–H and O–H groups in total. The van der Waals surface area contributed by atoms with Gasteiger partial charge in [-0.1, -0.05) is 12.1 Å². The van der Waals surface area contributed by atoms with E-state index in [0.29, 0.717) is 0 Å². The van der Waals surface area contributed by atoms with Crippen molar-refractivity contribution < 1.29 is 13.2 Å². The Morgan fingerprint density at radius 3 is 2.40 bits per heavy atom. The van der Waals surface area contributed by atoms with Crippen LogP contribution in [-0.2, 0) is 0 Å². The zero-order valence-corrected chi connectivity index (χ0v) is 11.3. The third-order valence-corrected chi connectivity index (χ3v) is 3.11. The molecule has 20 heavy (non-hydrogen) atoms. The van der Waals surface area contributed by atoms with Gasteiger partial charge in [0.05, 0.1) is 6.54 Å². The first-order valence-corrected chi connectivity index (χ1v) is 6.27. The Morgan fingerprint density at radius 2 is 1.90 bits per heavy atom. The molecule has 0 fully saturated rings. The van der Waals surface area contributed by atoms with E-state index >= 15 is 0 Å². The van der Waals surface area contributed by atoms with Crippen LogP contribution in [0.4, 0.5) is 13.2 Å². The molecule has 0 radical (unpaired) electrons. The molecule has 1 heterocycles. The van der Waals surface area contributed by atoms with E-state index in [0.717, 1.165) is 17.1 Å². The van der Waals surface area contributed by atoms with E-state index < -0.39 is 12.7 Å². The Morgan fingerprint density at radius 1 is 1.25 bits per heavy atom. The topological polar surface area (TPSA) is 29.9 Å². The lowest BCUT2D eigenvalue weighted by atomic mass is 10.1. The average molecular weight is 283 g/mol. The van der Waals surface area contributed by atoms with Crippen LogP contribution in [0, 0.1) is 6.92 Å². The van der Waals surface area contributed by atoms with Gasteiger partial charge in [0.15, 0.2) is 0 Å². The van der Waals surface area contributed by atoms with Crippen molar-refractivity contribution in [1.29, 1.82) is 0 Å². The van der Waals surface area contributed by atoms with Crippen molar-refractivity contribution in [1.82, 2.24) is 14.9 Å². The SMILES string of the molecule is Cc1nccn1-c1ccc([C@H](C)NCC(F)(F)F)cc1. The highest BCUT2D eigenvalue weighted by molar-refractivity contribution is 5.36. The van der Waals surface area contributed by atoms with Crippen LogP contribution in [0.15, 0.2) is 36.7 Å². The molecule has 1 atom stereocenters. The lowest BCUT2D eigenvalue weighted by Gasteiger charge is -2.16. The second kappa shape index (κ2) is 5.66. The number of hydrogen-bond acceptors (Lipinski definition) is 2. The first-order valence-electron chi connectivity index (χ1n) is 6.27. The van der Waals surface area contributed by atoms with Gasteiger partial charge in [0.2, 0.25) is 0 Å². The summed E-state index contributed by atoms with van der Waals surface area (Å²) >= 11 is 0. The number of nitrogens with zero attached hydrogens (tertiary/aromatic N) is 2. The number of hydrogen-bond donors (Lipinski definition) is 1. The predicted octanol–water partition coefficient (Wildman–Crippen LogP) is 3.39. The van der Waals surface area contributed by atoms with Crippen molar-refractivity contribution in [3.8, 4) is 5.69 Å². The van der Waals surface area contributed by atoms with Gasteiger partial charge in [-0.2, -0.15) is 13.2 Å². The third-order valence-electron chi connectivity index (χ3n) is 3.11. The number of nitrogens with one attached hydrogen (secondary N) is 1. The van der Waals surface area contributed by atoms with Crippen LogP contribution in [0.3, 0.4) is 0 Å². The Hall–Kier alpha value is -1.82. The van der Waals surface area contributed by atoms with Crippen LogP contribution in [-0.4, -0.2) is 22.3 Å². The number of aryl methyl sites for hydroxylation is 1. The lowest BCUT2D eigenvalue weighted by Crippen LogP contribution is -2.30. The summed E-state index contributed by atoms with van der Waals surface area (Å²) in [6.07, 6.45) is -0.644. The molecule has 0 aliphatic heterocycles. The molecule has 0 spiro atoms. The average Bonchev–Trinajstić information content (AvgIpc) is 2.81. The molecule has 0 amide bonds. The van der Waals surface area contributed by atoms with Gasteiger partial charge in [0.25, 0.3) is 0 Å². The number of rotatable bonds is 4. The van der Waals surface area contributed by atoms with Gasteiger partial charge < -0.3 is 9.88 Å². The first-order chi connectivity index (χ1) is 9.37. The molecule has 0 aliphatic carbocycles. The van der Waals surface area contributed by atoms with Crippen molar-refractivity contribution in [2.75, 3.05) is 6.54 Å². The van der Waals surface area contributed by atoms with Crippen molar-refractivity contribution in [2.24, 2.45) is 0 Å². The van der Waals surface area contributed by atoms with Gasteiger partial charge in [0, 0.05) is 24.1 Å². The number of benzene rings is 1. The highest BCUT2D eigenvalue weighted by Crippen LogP contribution is 2.19. The van der Waals surface area contributed by atoms with Crippen LogP contribution >= 0.6 is 0 Å². The van der Waals surface area contributed by atoms with Crippen LogP contribution in [0.1, 0.15) is 24.4 Å². The summed E-state index contributed by atoms with van der Waals surface area (Å²) < 4.78 is 38.4. The Kier molecular flexibility index (Phi) is 4.13. The largest absolute Gasteiger partial charge is 0.401 e. The van der Waals surface area contributed by atoms with Crippen LogP contribution in [0.5, 0.6) is 0 Å². The van der Waals surface area contributed by atoms with Crippen LogP contribution in [0.25, 0.3) is 5.69 Å². The number of aromatic nitrogens is 2. The predicted molar refractivity (Wildman–Crippen MR) is 70.8 cm³/mol. The summed E-state index contributed by atoms with van der Waals surface area (Å²) in [4.78, 5) is 4.13. The summed E-state index contributed by atoms with van der Waals surface area (Å²) in [7, 11) is 0. The Labute approximate surface area is 115 Å². The van der Waals surface area contributed by atoms with Crippen molar-refractivity contribution in [2.45, 2.75) is 26.1 Å². The summed E-state index contributed by atoms with van der Waals surface area (Å²) in [5, 5.41) is 2.46. The summed E-state index contributed by atoms with van der Waals surface area (Å²) in [6.45, 7) is 2.61. The van der Waals surface area contributed by atoms with E-state index in [2.05, 4.69) is 10.3 Å². The van der Waals surface area contributed by atoms with E-state index in [-0.39, 0.29) is 6.04 Å². The molecule has 0 unspecified atom stereocenters. The molecule has 0 aliphatic rings. The molecule has 0 saturated carbocycles. The number of halogens is 3. The summed E-state index contributed by atoms with van der Waals surface area (Å²) in [6, 6.07) is 7.03. The monoisotopic (exact) mass is 283 g/mol. The Balaban J connectivity index is 2.07. The van der Waals surface area contributed by atoms with Crippen molar-refractivity contribution in [3.63, 3.8) is 0 Å². The zero-order valence-electron chi connectivity index (χ0n) is 11.3. The molecule has 1 aromatic heterocycles. The molecule has 1 aromatic carbocycles. The van der Waals surface area contributed by atoms with Gasteiger partial charge >= 0.3 is 6.18 Å². The second-order valence-electron chi connectivity index (χ2n) is 4.65. The number of alkyl halides is 3. The normalized spacial score (nSPS) is 13.4. The Bertz CT molecular complexity index is 558. The van der Waals surface area contributed by atoms with Gasteiger partial charge in [-0.25, -0.2) is 4.98 Å². The van der Waals surface area contributed by atoms with Gasteiger partial charge in [-0.15, -0.1) is 0 Å². The summed E-state index contributed by atoms with van der Waals surface area (Å²) in [5.74, 6) is 0.862.